The maximum absolute atomic E-state index is 10.5. The van der Waals surface area contributed by atoms with Crippen LogP contribution >= 0.6 is 11.8 Å². The first-order chi connectivity index (χ1) is 5.69. The standard InChI is InChI=1S/C7H9N3OS/c1-4-5(3-11)6(8)10-7(9-4)12-2/h3H,1-2H3,(H2,8,9,10). The molecule has 1 aromatic rings. The van der Waals surface area contributed by atoms with Crippen LogP contribution in [-0.2, 0) is 0 Å². The largest absolute Gasteiger partial charge is 0.383 e. The van der Waals surface area contributed by atoms with Gasteiger partial charge in [-0.1, -0.05) is 11.8 Å². The predicted molar refractivity (Wildman–Crippen MR) is 48.3 cm³/mol. The molecular weight excluding hydrogens is 174 g/mol. The number of aldehydes is 1. The van der Waals surface area contributed by atoms with E-state index in [1.807, 2.05) is 6.26 Å². The maximum atomic E-state index is 10.5. The summed E-state index contributed by atoms with van der Waals surface area (Å²) in [7, 11) is 0. The minimum absolute atomic E-state index is 0.252. The van der Waals surface area contributed by atoms with Crippen LogP contribution in [0.1, 0.15) is 16.1 Å². The van der Waals surface area contributed by atoms with Crippen LogP contribution in [0.5, 0.6) is 0 Å². The number of anilines is 1. The van der Waals surface area contributed by atoms with Crippen LogP contribution in [0.4, 0.5) is 5.82 Å². The van der Waals surface area contributed by atoms with Gasteiger partial charge < -0.3 is 5.73 Å². The van der Waals surface area contributed by atoms with Crippen molar-refractivity contribution >= 4 is 23.9 Å². The average Bonchev–Trinajstić information content (AvgIpc) is 2.03. The van der Waals surface area contributed by atoms with E-state index in [2.05, 4.69) is 9.97 Å². The SMILES string of the molecule is CSc1nc(C)c(C=O)c(N)n1. The van der Waals surface area contributed by atoms with E-state index < -0.39 is 0 Å². The van der Waals surface area contributed by atoms with Crippen molar-refractivity contribution in [3.63, 3.8) is 0 Å². The number of nitrogens with zero attached hydrogens (tertiary/aromatic N) is 2. The van der Waals surface area contributed by atoms with E-state index in [0.29, 0.717) is 22.7 Å². The lowest BCUT2D eigenvalue weighted by atomic mass is 10.2. The maximum Gasteiger partial charge on any atom is 0.189 e. The van der Waals surface area contributed by atoms with Gasteiger partial charge in [-0.25, -0.2) is 9.97 Å². The van der Waals surface area contributed by atoms with E-state index in [1.165, 1.54) is 11.8 Å². The van der Waals surface area contributed by atoms with Gasteiger partial charge in [0.2, 0.25) is 0 Å². The van der Waals surface area contributed by atoms with Crippen molar-refractivity contribution in [2.75, 3.05) is 12.0 Å². The Bertz CT molecular complexity index is 291. The van der Waals surface area contributed by atoms with Crippen molar-refractivity contribution < 1.29 is 4.79 Å². The summed E-state index contributed by atoms with van der Waals surface area (Å²) in [5.41, 5.74) is 6.52. The van der Waals surface area contributed by atoms with Gasteiger partial charge in [-0.05, 0) is 13.2 Å². The number of nitrogen functional groups attached to an aromatic ring is 1. The summed E-state index contributed by atoms with van der Waals surface area (Å²) in [5, 5.41) is 0.593. The highest BCUT2D eigenvalue weighted by atomic mass is 32.2. The topological polar surface area (TPSA) is 68.9 Å². The minimum atomic E-state index is 0.252. The van der Waals surface area contributed by atoms with E-state index >= 15 is 0 Å². The number of thioether (sulfide) groups is 1. The third kappa shape index (κ3) is 1.55. The van der Waals surface area contributed by atoms with Crippen LogP contribution in [0.3, 0.4) is 0 Å². The fourth-order valence-electron chi connectivity index (χ4n) is 0.814. The van der Waals surface area contributed by atoms with Crippen molar-refractivity contribution in [2.45, 2.75) is 12.1 Å². The lowest BCUT2D eigenvalue weighted by Gasteiger charge is -2.02. The van der Waals surface area contributed by atoms with Crippen molar-refractivity contribution in [2.24, 2.45) is 0 Å². The quantitative estimate of drug-likeness (QED) is 0.419. The molecule has 1 rings (SSSR count). The molecule has 0 aliphatic carbocycles. The zero-order valence-electron chi connectivity index (χ0n) is 6.87. The van der Waals surface area contributed by atoms with Gasteiger partial charge in [-0.2, -0.15) is 0 Å². The summed E-state index contributed by atoms with van der Waals surface area (Å²) in [4.78, 5) is 18.5. The fraction of sp³-hybridized carbons (Fsp3) is 0.286. The molecule has 0 saturated heterocycles. The van der Waals surface area contributed by atoms with Gasteiger partial charge >= 0.3 is 0 Å². The van der Waals surface area contributed by atoms with Gasteiger partial charge in [0.25, 0.3) is 0 Å². The molecule has 0 aliphatic heterocycles. The molecule has 0 aromatic carbocycles. The average molecular weight is 183 g/mol. The Kier molecular flexibility index (Phi) is 2.65. The second-order valence-electron chi connectivity index (χ2n) is 2.21. The molecule has 0 aliphatic rings. The van der Waals surface area contributed by atoms with E-state index in [4.69, 9.17) is 5.73 Å². The number of aryl methyl sites for hydroxylation is 1. The number of rotatable bonds is 2. The van der Waals surface area contributed by atoms with E-state index in [0.717, 1.165) is 0 Å². The van der Waals surface area contributed by atoms with Gasteiger partial charge in [0.05, 0.1) is 11.3 Å². The molecule has 0 spiro atoms. The molecule has 0 atom stereocenters. The predicted octanol–water partition coefficient (Wildman–Crippen LogP) is 0.902. The number of hydrogen-bond acceptors (Lipinski definition) is 5. The molecule has 0 fully saturated rings. The number of carbonyl (C=O) groups excluding carboxylic acids is 1. The molecule has 12 heavy (non-hydrogen) atoms. The highest BCUT2D eigenvalue weighted by Crippen LogP contribution is 2.15. The van der Waals surface area contributed by atoms with E-state index in [1.54, 1.807) is 6.92 Å². The van der Waals surface area contributed by atoms with Crippen molar-refractivity contribution in [3.05, 3.63) is 11.3 Å². The Labute approximate surface area is 74.6 Å². The number of aromatic nitrogens is 2. The monoisotopic (exact) mass is 183 g/mol. The second-order valence-corrected chi connectivity index (χ2v) is 2.99. The first kappa shape index (κ1) is 8.99. The lowest BCUT2D eigenvalue weighted by molar-refractivity contribution is 0.112. The molecule has 0 saturated carbocycles. The minimum Gasteiger partial charge on any atom is -0.383 e. The van der Waals surface area contributed by atoms with E-state index in [-0.39, 0.29) is 5.82 Å². The molecule has 0 bridgehead atoms. The highest BCUT2D eigenvalue weighted by molar-refractivity contribution is 7.98. The normalized spacial score (nSPS) is 9.83. The van der Waals surface area contributed by atoms with Crippen LogP contribution in [0, 0.1) is 6.92 Å². The Morgan fingerprint density at radius 1 is 1.50 bits per heavy atom. The van der Waals surface area contributed by atoms with E-state index in [9.17, 15) is 4.79 Å². The van der Waals surface area contributed by atoms with Gasteiger partial charge in [0.15, 0.2) is 11.4 Å². The Morgan fingerprint density at radius 2 is 2.17 bits per heavy atom. The van der Waals surface area contributed by atoms with Gasteiger partial charge in [-0.3, -0.25) is 4.79 Å². The zero-order chi connectivity index (χ0) is 9.14. The third-order valence-corrected chi connectivity index (χ3v) is 1.99. The number of nitrogens with two attached hydrogens (primary N) is 1. The number of carbonyl (C=O) groups is 1. The molecule has 1 aromatic heterocycles. The molecule has 64 valence electrons. The Balaban J connectivity index is 3.27. The second kappa shape index (κ2) is 3.53. The van der Waals surface area contributed by atoms with Gasteiger partial charge in [0, 0.05) is 0 Å². The van der Waals surface area contributed by atoms with Crippen molar-refractivity contribution in [3.8, 4) is 0 Å². The summed E-state index contributed by atoms with van der Waals surface area (Å²) >= 11 is 1.40. The first-order valence-electron chi connectivity index (χ1n) is 3.32. The van der Waals surface area contributed by atoms with Crippen LogP contribution in [0.2, 0.25) is 0 Å². The Hall–Kier alpha value is -1.10. The molecular formula is C7H9N3OS. The first-order valence-corrected chi connectivity index (χ1v) is 4.54. The van der Waals surface area contributed by atoms with Crippen LogP contribution in [0.15, 0.2) is 5.16 Å². The smallest absolute Gasteiger partial charge is 0.189 e. The lowest BCUT2D eigenvalue weighted by Crippen LogP contribution is -2.03. The summed E-state index contributed by atoms with van der Waals surface area (Å²) in [6, 6.07) is 0. The molecule has 0 amide bonds. The van der Waals surface area contributed by atoms with Gasteiger partial charge in [-0.15, -0.1) is 0 Å². The summed E-state index contributed by atoms with van der Waals surface area (Å²) in [5.74, 6) is 0.252. The molecule has 1 heterocycles. The van der Waals surface area contributed by atoms with Crippen LogP contribution in [0.25, 0.3) is 0 Å². The van der Waals surface area contributed by atoms with Gasteiger partial charge in [0.1, 0.15) is 5.82 Å². The zero-order valence-corrected chi connectivity index (χ0v) is 7.68. The molecule has 0 radical (unpaired) electrons. The summed E-state index contributed by atoms with van der Waals surface area (Å²) in [6.07, 6.45) is 2.53. The van der Waals surface area contributed by atoms with Crippen LogP contribution < -0.4 is 5.73 Å². The third-order valence-electron chi connectivity index (χ3n) is 1.45. The Morgan fingerprint density at radius 3 is 2.58 bits per heavy atom. The molecule has 4 nitrogen and oxygen atoms in total. The molecule has 0 unspecified atom stereocenters. The number of hydrogen-bond donors (Lipinski definition) is 1. The summed E-state index contributed by atoms with van der Waals surface area (Å²) in [6.45, 7) is 1.74. The highest BCUT2D eigenvalue weighted by Gasteiger charge is 2.06. The molecule has 2 N–H and O–H groups in total. The summed E-state index contributed by atoms with van der Waals surface area (Å²) < 4.78 is 0. The fourth-order valence-corrected chi connectivity index (χ4v) is 1.23. The van der Waals surface area contributed by atoms with Crippen molar-refractivity contribution in [1.29, 1.82) is 0 Å². The van der Waals surface area contributed by atoms with Crippen molar-refractivity contribution in [1.82, 2.24) is 9.97 Å². The molecule has 5 heteroatoms. The van der Waals surface area contributed by atoms with Crippen LogP contribution in [-0.4, -0.2) is 22.5 Å².